The molecular weight excluding hydrogens is 368 g/mol. The molecule has 0 bridgehead atoms. The molecule has 6 nitrogen and oxygen atoms in total. The molecule has 8 heteroatoms. The number of rotatable bonds is 5. The minimum atomic E-state index is 0.211. The maximum atomic E-state index is 5.47. The molecule has 1 aromatic carbocycles. The van der Waals surface area contributed by atoms with Crippen molar-refractivity contribution >= 4 is 46.2 Å². The van der Waals surface area contributed by atoms with Gasteiger partial charge in [-0.15, -0.1) is 11.8 Å². The molecule has 3 aromatic rings. The highest BCUT2D eigenvalue weighted by atomic mass is 32.2. The van der Waals surface area contributed by atoms with E-state index in [1.165, 1.54) is 0 Å². The first kappa shape index (κ1) is 17.1. The van der Waals surface area contributed by atoms with Gasteiger partial charge in [-0.05, 0) is 23.8 Å². The Bertz CT molecular complexity index is 959. The number of benzene rings is 1. The van der Waals surface area contributed by atoms with Gasteiger partial charge in [-0.1, -0.05) is 0 Å². The molecule has 1 atom stereocenters. The van der Waals surface area contributed by atoms with Crippen molar-refractivity contribution in [2.75, 3.05) is 25.5 Å². The standard InChI is InChI=1S/C18H18N4O2S2/c1-23-14-8-12-13(9-15(14)24-2)20-18(22-16(25-3)4-6-19-22)21-17(12)11-5-7-26-10-11/h5-10,16H,4H2,1-3H3. The van der Waals surface area contributed by atoms with Gasteiger partial charge in [0.2, 0.25) is 5.95 Å². The van der Waals surface area contributed by atoms with Gasteiger partial charge in [-0.2, -0.15) is 16.4 Å². The van der Waals surface area contributed by atoms with Crippen molar-refractivity contribution in [1.29, 1.82) is 0 Å². The largest absolute Gasteiger partial charge is 0.493 e. The quantitative estimate of drug-likeness (QED) is 0.653. The Morgan fingerprint density at radius 1 is 1.19 bits per heavy atom. The summed E-state index contributed by atoms with van der Waals surface area (Å²) in [4.78, 5) is 9.62. The van der Waals surface area contributed by atoms with Gasteiger partial charge < -0.3 is 9.47 Å². The molecular formula is C18H18N4O2S2. The number of methoxy groups -OCH3 is 2. The Labute approximate surface area is 159 Å². The average Bonchev–Trinajstić information content (AvgIpc) is 3.37. The Balaban J connectivity index is 1.96. The number of aromatic nitrogens is 2. The zero-order valence-corrected chi connectivity index (χ0v) is 16.3. The SMILES string of the molecule is COc1cc2nc(N3N=CCC3SC)nc(-c3ccsc3)c2cc1OC. The van der Waals surface area contributed by atoms with E-state index in [4.69, 9.17) is 19.4 Å². The Morgan fingerprint density at radius 2 is 2.00 bits per heavy atom. The van der Waals surface area contributed by atoms with E-state index in [1.54, 1.807) is 37.3 Å². The van der Waals surface area contributed by atoms with E-state index in [9.17, 15) is 0 Å². The Morgan fingerprint density at radius 3 is 2.69 bits per heavy atom. The van der Waals surface area contributed by atoms with E-state index >= 15 is 0 Å². The number of thioether (sulfide) groups is 1. The molecule has 0 fully saturated rings. The van der Waals surface area contributed by atoms with Gasteiger partial charge in [-0.3, -0.25) is 0 Å². The lowest BCUT2D eigenvalue weighted by atomic mass is 10.1. The van der Waals surface area contributed by atoms with Crippen molar-refractivity contribution < 1.29 is 9.47 Å². The molecule has 0 saturated carbocycles. The van der Waals surface area contributed by atoms with Crippen LogP contribution in [-0.2, 0) is 0 Å². The molecule has 3 heterocycles. The molecule has 0 N–H and O–H groups in total. The lowest BCUT2D eigenvalue weighted by Crippen LogP contribution is -2.24. The van der Waals surface area contributed by atoms with Crippen LogP contribution in [0.3, 0.4) is 0 Å². The molecule has 0 spiro atoms. The van der Waals surface area contributed by atoms with Crippen LogP contribution in [0.15, 0.2) is 34.1 Å². The molecule has 0 saturated heterocycles. The molecule has 1 aliphatic rings. The number of thiophene rings is 1. The highest BCUT2D eigenvalue weighted by Crippen LogP contribution is 2.38. The molecule has 0 radical (unpaired) electrons. The van der Waals surface area contributed by atoms with E-state index in [0.717, 1.165) is 28.6 Å². The molecule has 1 unspecified atom stereocenters. The zero-order valence-electron chi connectivity index (χ0n) is 14.7. The van der Waals surface area contributed by atoms with Crippen LogP contribution in [0, 0.1) is 0 Å². The third-order valence-electron chi connectivity index (χ3n) is 4.25. The summed E-state index contributed by atoms with van der Waals surface area (Å²) in [5, 5.41) is 11.6. The van der Waals surface area contributed by atoms with Crippen LogP contribution >= 0.6 is 23.1 Å². The predicted molar refractivity (Wildman–Crippen MR) is 109 cm³/mol. The third-order valence-corrected chi connectivity index (χ3v) is 5.87. The fraction of sp³-hybridized carbons (Fsp3) is 0.278. The molecule has 4 rings (SSSR count). The maximum Gasteiger partial charge on any atom is 0.248 e. The summed E-state index contributed by atoms with van der Waals surface area (Å²) in [5.41, 5.74) is 2.73. The summed E-state index contributed by atoms with van der Waals surface area (Å²) >= 11 is 3.38. The monoisotopic (exact) mass is 386 g/mol. The smallest absolute Gasteiger partial charge is 0.248 e. The van der Waals surface area contributed by atoms with Crippen LogP contribution in [-0.4, -0.2) is 42.0 Å². The first-order valence-corrected chi connectivity index (χ1v) is 10.3. The second-order valence-corrected chi connectivity index (χ2v) is 7.47. The van der Waals surface area contributed by atoms with Gasteiger partial charge in [0, 0.05) is 35.0 Å². The molecule has 2 aromatic heterocycles. The van der Waals surface area contributed by atoms with Crippen molar-refractivity contribution in [2.24, 2.45) is 5.10 Å². The summed E-state index contributed by atoms with van der Waals surface area (Å²) in [6, 6.07) is 5.89. The minimum absolute atomic E-state index is 0.211. The van der Waals surface area contributed by atoms with E-state index < -0.39 is 0 Å². The van der Waals surface area contributed by atoms with Crippen LogP contribution in [0.4, 0.5) is 5.95 Å². The van der Waals surface area contributed by atoms with E-state index in [-0.39, 0.29) is 5.37 Å². The second-order valence-electron chi connectivity index (χ2n) is 5.68. The first-order chi connectivity index (χ1) is 12.7. The van der Waals surface area contributed by atoms with Crippen LogP contribution in [0.5, 0.6) is 11.5 Å². The molecule has 0 aliphatic carbocycles. The number of ether oxygens (including phenoxy) is 2. The van der Waals surface area contributed by atoms with Crippen LogP contribution in [0.2, 0.25) is 0 Å². The second kappa shape index (κ2) is 7.13. The van der Waals surface area contributed by atoms with Crippen molar-refractivity contribution in [3.05, 3.63) is 29.0 Å². The average molecular weight is 387 g/mol. The number of fused-ring (bicyclic) bond motifs is 1. The van der Waals surface area contributed by atoms with E-state index in [1.807, 2.05) is 28.7 Å². The maximum absolute atomic E-state index is 5.47. The molecule has 1 aliphatic heterocycles. The van der Waals surface area contributed by atoms with Gasteiger partial charge in [0.1, 0.15) is 5.37 Å². The van der Waals surface area contributed by atoms with Gasteiger partial charge >= 0.3 is 0 Å². The fourth-order valence-electron chi connectivity index (χ4n) is 2.94. The van der Waals surface area contributed by atoms with Gasteiger partial charge in [0.15, 0.2) is 11.5 Å². The minimum Gasteiger partial charge on any atom is -0.493 e. The normalized spacial score (nSPS) is 16.4. The van der Waals surface area contributed by atoms with Crippen LogP contribution < -0.4 is 14.5 Å². The number of hydrazone groups is 1. The zero-order chi connectivity index (χ0) is 18.1. The van der Waals surface area contributed by atoms with Crippen molar-refractivity contribution in [3.8, 4) is 22.8 Å². The topological polar surface area (TPSA) is 59.8 Å². The number of anilines is 1. The van der Waals surface area contributed by atoms with Gasteiger partial charge in [0.25, 0.3) is 0 Å². The molecule has 26 heavy (non-hydrogen) atoms. The highest BCUT2D eigenvalue weighted by Gasteiger charge is 2.25. The fourth-order valence-corrected chi connectivity index (χ4v) is 4.21. The summed E-state index contributed by atoms with van der Waals surface area (Å²) in [5.74, 6) is 1.90. The summed E-state index contributed by atoms with van der Waals surface area (Å²) < 4.78 is 10.9. The van der Waals surface area contributed by atoms with Crippen LogP contribution in [0.1, 0.15) is 6.42 Å². The number of nitrogens with zero attached hydrogens (tertiary/aromatic N) is 4. The number of hydrogen-bond acceptors (Lipinski definition) is 8. The molecule has 134 valence electrons. The number of hydrogen-bond donors (Lipinski definition) is 0. The van der Waals surface area contributed by atoms with Crippen molar-refractivity contribution in [2.45, 2.75) is 11.8 Å². The summed E-state index contributed by atoms with van der Waals surface area (Å²) in [6.07, 6.45) is 4.86. The van der Waals surface area contributed by atoms with Crippen LogP contribution in [0.25, 0.3) is 22.2 Å². The Hall–Kier alpha value is -2.32. The predicted octanol–water partition coefficient (Wildman–Crippen LogP) is 4.26. The lowest BCUT2D eigenvalue weighted by Gasteiger charge is -2.21. The van der Waals surface area contributed by atoms with E-state index in [0.29, 0.717) is 17.4 Å². The van der Waals surface area contributed by atoms with Gasteiger partial charge in [0.05, 0.1) is 25.4 Å². The summed E-state index contributed by atoms with van der Waals surface area (Å²) in [6.45, 7) is 0. The summed E-state index contributed by atoms with van der Waals surface area (Å²) in [7, 11) is 3.26. The van der Waals surface area contributed by atoms with Crippen molar-refractivity contribution in [1.82, 2.24) is 9.97 Å². The lowest BCUT2D eigenvalue weighted by molar-refractivity contribution is 0.356. The van der Waals surface area contributed by atoms with Gasteiger partial charge in [-0.25, -0.2) is 15.0 Å². The van der Waals surface area contributed by atoms with Crippen molar-refractivity contribution in [3.63, 3.8) is 0 Å². The first-order valence-electron chi connectivity index (χ1n) is 8.06. The van der Waals surface area contributed by atoms with E-state index in [2.05, 4.69) is 22.8 Å². The highest BCUT2D eigenvalue weighted by molar-refractivity contribution is 7.99. The Kier molecular flexibility index (Phi) is 4.69. The third kappa shape index (κ3) is 2.89. The molecule has 0 amide bonds.